The van der Waals surface area contributed by atoms with Gasteiger partial charge in [0.25, 0.3) is 0 Å². The molecule has 0 saturated carbocycles. The molecule has 100 valence electrons. The molecule has 0 heterocycles. The fourth-order valence-electron chi connectivity index (χ4n) is 1.66. The predicted molar refractivity (Wildman–Crippen MR) is 69.3 cm³/mol. The average Bonchev–Trinajstić information content (AvgIpc) is 2.37. The van der Waals surface area contributed by atoms with E-state index in [1.54, 1.807) is 7.11 Å². The number of carbonyl (C=O) groups is 1. The molecule has 0 bridgehead atoms. The average molecular weight is 253 g/mol. The van der Waals surface area contributed by atoms with Crippen LogP contribution < -0.4 is 0 Å². The maximum absolute atomic E-state index is 12.7. The van der Waals surface area contributed by atoms with Crippen LogP contribution in [0.1, 0.15) is 23.2 Å². The van der Waals surface area contributed by atoms with Crippen LogP contribution in [-0.2, 0) is 4.74 Å². The highest BCUT2D eigenvalue weighted by atomic mass is 19.1. The van der Waals surface area contributed by atoms with E-state index in [0.29, 0.717) is 18.5 Å². The number of Topliss-reactive ketones (excluding diaryl/α,β-unsaturated/α-hetero) is 1. The largest absolute Gasteiger partial charge is 0.385 e. The van der Waals surface area contributed by atoms with Gasteiger partial charge in [-0.1, -0.05) is 0 Å². The third-order valence-electron chi connectivity index (χ3n) is 2.78. The Morgan fingerprint density at radius 2 is 1.94 bits per heavy atom. The monoisotopic (exact) mass is 253 g/mol. The molecular weight excluding hydrogens is 233 g/mol. The molecule has 3 nitrogen and oxygen atoms in total. The SMILES string of the molecule is COCCCN(C)CCC(=O)c1ccc(F)cc1. The number of carbonyl (C=O) groups excluding carboxylic acids is 1. The van der Waals surface area contributed by atoms with Crippen molar-refractivity contribution in [2.24, 2.45) is 0 Å². The van der Waals surface area contributed by atoms with Gasteiger partial charge in [-0.05, 0) is 37.7 Å². The van der Waals surface area contributed by atoms with Crippen molar-refractivity contribution in [2.45, 2.75) is 12.8 Å². The van der Waals surface area contributed by atoms with Crippen LogP contribution in [0.25, 0.3) is 0 Å². The number of methoxy groups -OCH3 is 1. The Kier molecular flexibility index (Phi) is 6.54. The van der Waals surface area contributed by atoms with Crippen LogP contribution >= 0.6 is 0 Å². The first-order valence-corrected chi connectivity index (χ1v) is 6.09. The van der Waals surface area contributed by atoms with Gasteiger partial charge >= 0.3 is 0 Å². The van der Waals surface area contributed by atoms with E-state index in [9.17, 15) is 9.18 Å². The number of nitrogens with zero attached hydrogens (tertiary/aromatic N) is 1. The number of ketones is 1. The van der Waals surface area contributed by atoms with E-state index in [1.807, 2.05) is 7.05 Å². The number of halogens is 1. The second-order valence-corrected chi connectivity index (χ2v) is 4.33. The van der Waals surface area contributed by atoms with E-state index in [4.69, 9.17) is 4.74 Å². The van der Waals surface area contributed by atoms with Crippen LogP contribution in [0.2, 0.25) is 0 Å². The highest BCUT2D eigenvalue weighted by molar-refractivity contribution is 5.96. The molecule has 18 heavy (non-hydrogen) atoms. The Morgan fingerprint density at radius 3 is 2.56 bits per heavy atom. The summed E-state index contributed by atoms with van der Waals surface area (Å²) in [5.41, 5.74) is 0.571. The van der Waals surface area contributed by atoms with Crippen molar-refractivity contribution >= 4 is 5.78 Å². The fraction of sp³-hybridized carbons (Fsp3) is 0.500. The summed E-state index contributed by atoms with van der Waals surface area (Å²) in [6.07, 6.45) is 1.41. The van der Waals surface area contributed by atoms with Crippen LogP contribution in [0, 0.1) is 5.82 Å². The molecule has 1 aromatic carbocycles. The molecule has 0 atom stereocenters. The first kappa shape index (κ1) is 14.8. The number of hydrogen-bond donors (Lipinski definition) is 0. The standard InChI is InChI=1S/C14H20FNO2/c1-16(9-3-11-18-2)10-8-14(17)12-4-6-13(15)7-5-12/h4-7H,3,8-11H2,1-2H3. The number of ether oxygens (including phenoxy) is 1. The third-order valence-corrected chi connectivity index (χ3v) is 2.78. The van der Waals surface area contributed by atoms with Crippen molar-refractivity contribution in [1.82, 2.24) is 4.90 Å². The van der Waals surface area contributed by atoms with Gasteiger partial charge in [-0.2, -0.15) is 0 Å². The van der Waals surface area contributed by atoms with E-state index in [1.165, 1.54) is 24.3 Å². The number of rotatable bonds is 8. The molecule has 4 heteroatoms. The summed E-state index contributed by atoms with van der Waals surface area (Å²) in [5.74, 6) is -0.267. The Labute approximate surface area is 108 Å². The molecule has 0 saturated heterocycles. The Bertz CT molecular complexity index is 365. The molecular formula is C14H20FNO2. The Balaban J connectivity index is 2.30. The zero-order valence-electron chi connectivity index (χ0n) is 11.0. The molecule has 0 spiro atoms. The first-order chi connectivity index (χ1) is 8.63. The lowest BCUT2D eigenvalue weighted by molar-refractivity contribution is 0.0967. The van der Waals surface area contributed by atoms with Crippen molar-refractivity contribution in [3.8, 4) is 0 Å². The summed E-state index contributed by atoms with van der Waals surface area (Å²) in [5, 5.41) is 0. The van der Waals surface area contributed by atoms with E-state index in [-0.39, 0.29) is 11.6 Å². The normalized spacial score (nSPS) is 10.9. The molecule has 0 aliphatic heterocycles. The molecule has 0 aliphatic rings. The van der Waals surface area contributed by atoms with Crippen molar-refractivity contribution in [2.75, 3.05) is 33.9 Å². The summed E-state index contributed by atoms with van der Waals surface area (Å²) < 4.78 is 17.7. The quantitative estimate of drug-likeness (QED) is 0.526. The minimum atomic E-state index is -0.316. The zero-order chi connectivity index (χ0) is 13.4. The van der Waals surface area contributed by atoms with Gasteiger partial charge in [0.2, 0.25) is 0 Å². The van der Waals surface area contributed by atoms with Crippen molar-refractivity contribution < 1.29 is 13.9 Å². The lowest BCUT2D eigenvalue weighted by Crippen LogP contribution is -2.23. The minimum absolute atomic E-state index is 0.0496. The maximum Gasteiger partial charge on any atom is 0.164 e. The molecule has 0 N–H and O–H groups in total. The van der Waals surface area contributed by atoms with Gasteiger partial charge in [0.1, 0.15) is 5.82 Å². The molecule has 0 unspecified atom stereocenters. The summed E-state index contributed by atoms with van der Waals surface area (Å²) >= 11 is 0. The molecule has 0 aliphatic carbocycles. The first-order valence-electron chi connectivity index (χ1n) is 6.09. The van der Waals surface area contributed by atoms with Gasteiger partial charge in [-0.15, -0.1) is 0 Å². The number of benzene rings is 1. The molecule has 0 aromatic heterocycles. The maximum atomic E-state index is 12.7. The summed E-state index contributed by atoms with van der Waals surface area (Å²) in [6, 6.07) is 5.69. The third kappa shape index (κ3) is 5.38. The van der Waals surface area contributed by atoms with Gasteiger partial charge in [-0.3, -0.25) is 4.79 Å². The molecule has 1 rings (SSSR count). The second-order valence-electron chi connectivity index (χ2n) is 4.33. The van der Waals surface area contributed by atoms with Gasteiger partial charge in [0.05, 0.1) is 0 Å². The predicted octanol–water partition coefficient (Wildman–Crippen LogP) is 2.37. The Morgan fingerprint density at radius 1 is 1.28 bits per heavy atom. The van der Waals surface area contributed by atoms with Gasteiger partial charge in [0.15, 0.2) is 5.78 Å². The molecule has 0 amide bonds. The Hall–Kier alpha value is -1.26. The topological polar surface area (TPSA) is 29.5 Å². The lowest BCUT2D eigenvalue weighted by Gasteiger charge is -2.15. The summed E-state index contributed by atoms with van der Waals surface area (Å²) in [4.78, 5) is 13.9. The number of hydrogen-bond acceptors (Lipinski definition) is 3. The van der Waals surface area contributed by atoms with Crippen LogP contribution in [0.15, 0.2) is 24.3 Å². The van der Waals surface area contributed by atoms with Crippen LogP contribution in [0.4, 0.5) is 4.39 Å². The highest BCUT2D eigenvalue weighted by Crippen LogP contribution is 2.06. The summed E-state index contributed by atoms with van der Waals surface area (Å²) in [7, 11) is 3.66. The minimum Gasteiger partial charge on any atom is -0.385 e. The lowest BCUT2D eigenvalue weighted by atomic mass is 10.1. The van der Waals surface area contributed by atoms with Crippen LogP contribution in [-0.4, -0.2) is 44.5 Å². The van der Waals surface area contributed by atoms with E-state index < -0.39 is 0 Å². The van der Waals surface area contributed by atoms with Crippen LogP contribution in [0.5, 0.6) is 0 Å². The van der Waals surface area contributed by atoms with E-state index in [2.05, 4.69) is 4.90 Å². The van der Waals surface area contributed by atoms with Crippen molar-refractivity contribution in [3.63, 3.8) is 0 Å². The van der Waals surface area contributed by atoms with E-state index >= 15 is 0 Å². The molecule has 1 aromatic rings. The second kappa shape index (κ2) is 7.95. The van der Waals surface area contributed by atoms with E-state index in [0.717, 1.165) is 19.6 Å². The van der Waals surface area contributed by atoms with Gasteiger partial charge in [-0.25, -0.2) is 4.39 Å². The smallest absolute Gasteiger partial charge is 0.164 e. The van der Waals surface area contributed by atoms with Crippen LogP contribution in [0.3, 0.4) is 0 Å². The fourth-order valence-corrected chi connectivity index (χ4v) is 1.66. The molecule has 0 radical (unpaired) electrons. The highest BCUT2D eigenvalue weighted by Gasteiger charge is 2.07. The molecule has 0 fully saturated rings. The zero-order valence-corrected chi connectivity index (χ0v) is 11.0. The van der Waals surface area contributed by atoms with Gasteiger partial charge in [0, 0.05) is 38.8 Å². The van der Waals surface area contributed by atoms with Crippen molar-refractivity contribution in [3.05, 3.63) is 35.6 Å². The van der Waals surface area contributed by atoms with Crippen molar-refractivity contribution in [1.29, 1.82) is 0 Å². The van der Waals surface area contributed by atoms with Gasteiger partial charge < -0.3 is 9.64 Å². The summed E-state index contributed by atoms with van der Waals surface area (Å²) in [6.45, 7) is 2.35.